The van der Waals surface area contributed by atoms with Crippen LogP contribution in [-0.2, 0) is 6.18 Å². The Balaban J connectivity index is 1.86. The fraction of sp³-hybridized carbons (Fsp3) is 0.375. The molecule has 2 unspecified atom stereocenters. The van der Waals surface area contributed by atoms with Crippen LogP contribution in [0.15, 0.2) is 49.1 Å². The van der Waals surface area contributed by atoms with Crippen LogP contribution in [0.5, 0.6) is 5.88 Å². The third-order valence-electron chi connectivity index (χ3n) is 5.41. The number of aryl methyl sites for hydroxylation is 1. The van der Waals surface area contributed by atoms with E-state index in [0.29, 0.717) is 29.9 Å². The SMILES string of the molecule is CCC(C(C)Oc1ccc(C(F)(F)F)cn1)N(CC)C(=O)c1cnc(C)cc1-c1ncccn1. The number of pyridine rings is 2. The predicted molar refractivity (Wildman–Crippen MR) is 120 cm³/mol. The van der Waals surface area contributed by atoms with Crippen LogP contribution in [0.4, 0.5) is 13.2 Å². The highest BCUT2D eigenvalue weighted by Gasteiger charge is 2.32. The molecule has 0 bridgehead atoms. The minimum absolute atomic E-state index is 0.0535. The summed E-state index contributed by atoms with van der Waals surface area (Å²) in [5.74, 6) is 0.205. The lowest BCUT2D eigenvalue weighted by Gasteiger charge is -2.34. The first-order chi connectivity index (χ1) is 16.2. The van der Waals surface area contributed by atoms with Crippen LogP contribution < -0.4 is 4.74 Å². The highest BCUT2D eigenvalue weighted by atomic mass is 19.4. The summed E-state index contributed by atoms with van der Waals surface area (Å²) < 4.78 is 44.2. The van der Waals surface area contributed by atoms with Crippen molar-refractivity contribution in [1.29, 1.82) is 0 Å². The van der Waals surface area contributed by atoms with Gasteiger partial charge in [0.25, 0.3) is 5.91 Å². The van der Waals surface area contributed by atoms with Crippen molar-refractivity contribution < 1.29 is 22.7 Å². The van der Waals surface area contributed by atoms with Gasteiger partial charge in [-0.1, -0.05) is 6.92 Å². The molecule has 0 aliphatic heterocycles. The zero-order valence-corrected chi connectivity index (χ0v) is 19.4. The Morgan fingerprint density at radius 1 is 1.09 bits per heavy atom. The van der Waals surface area contributed by atoms with E-state index in [1.165, 1.54) is 12.3 Å². The van der Waals surface area contributed by atoms with Crippen LogP contribution in [0.1, 0.15) is 48.8 Å². The summed E-state index contributed by atoms with van der Waals surface area (Å²) in [7, 11) is 0. The number of amides is 1. The molecule has 1 amide bonds. The van der Waals surface area contributed by atoms with Crippen LogP contribution in [0, 0.1) is 6.92 Å². The fourth-order valence-corrected chi connectivity index (χ4v) is 3.73. The van der Waals surface area contributed by atoms with E-state index in [2.05, 4.69) is 19.9 Å². The maximum absolute atomic E-state index is 13.6. The van der Waals surface area contributed by atoms with E-state index < -0.39 is 17.8 Å². The molecule has 0 saturated carbocycles. The molecule has 0 aromatic carbocycles. The average molecular weight is 473 g/mol. The Hall–Kier alpha value is -3.56. The molecular formula is C24H26F3N5O2. The summed E-state index contributed by atoms with van der Waals surface area (Å²) in [5.41, 5.74) is 0.799. The molecule has 3 rings (SSSR count). The molecule has 34 heavy (non-hydrogen) atoms. The lowest BCUT2D eigenvalue weighted by atomic mass is 10.0. The van der Waals surface area contributed by atoms with Crippen molar-refractivity contribution in [2.45, 2.75) is 52.4 Å². The molecule has 180 valence electrons. The molecule has 3 aromatic rings. The van der Waals surface area contributed by atoms with E-state index in [0.717, 1.165) is 18.0 Å². The first-order valence-corrected chi connectivity index (χ1v) is 10.9. The van der Waals surface area contributed by atoms with Crippen molar-refractivity contribution in [3.8, 4) is 17.3 Å². The van der Waals surface area contributed by atoms with E-state index in [-0.39, 0.29) is 17.8 Å². The lowest BCUT2D eigenvalue weighted by molar-refractivity contribution is -0.137. The monoisotopic (exact) mass is 473 g/mol. The van der Waals surface area contributed by atoms with Gasteiger partial charge in [0.15, 0.2) is 5.82 Å². The highest BCUT2D eigenvalue weighted by molar-refractivity contribution is 6.00. The molecule has 3 aromatic heterocycles. The molecule has 3 heterocycles. The largest absolute Gasteiger partial charge is 0.472 e. The van der Waals surface area contributed by atoms with E-state index in [1.54, 1.807) is 36.4 Å². The molecule has 0 aliphatic carbocycles. The van der Waals surface area contributed by atoms with Gasteiger partial charge in [0.2, 0.25) is 5.88 Å². The second-order valence-corrected chi connectivity index (χ2v) is 7.72. The molecule has 10 heteroatoms. The summed E-state index contributed by atoms with van der Waals surface area (Å²) >= 11 is 0. The van der Waals surface area contributed by atoms with Gasteiger partial charge in [-0.3, -0.25) is 9.78 Å². The Bertz CT molecular complexity index is 1110. The Morgan fingerprint density at radius 3 is 2.35 bits per heavy atom. The van der Waals surface area contributed by atoms with Gasteiger partial charge in [-0.25, -0.2) is 15.0 Å². The van der Waals surface area contributed by atoms with Gasteiger partial charge in [0.05, 0.1) is 17.2 Å². The molecule has 0 radical (unpaired) electrons. The normalized spacial score (nSPS) is 13.3. The first-order valence-electron chi connectivity index (χ1n) is 10.9. The van der Waals surface area contributed by atoms with E-state index in [1.807, 2.05) is 20.8 Å². The number of halogens is 3. The van der Waals surface area contributed by atoms with Crippen molar-refractivity contribution in [3.05, 3.63) is 65.9 Å². The third kappa shape index (κ3) is 5.67. The summed E-state index contributed by atoms with van der Waals surface area (Å²) in [6.45, 7) is 7.73. The number of alkyl halides is 3. The Morgan fingerprint density at radius 2 is 1.79 bits per heavy atom. The second kappa shape index (κ2) is 10.6. The van der Waals surface area contributed by atoms with Crippen molar-refractivity contribution in [2.75, 3.05) is 6.54 Å². The zero-order chi connectivity index (χ0) is 24.9. The summed E-state index contributed by atoms with van der Waals surface area (Å²) in [6, 6.07) is 5.19. The third-order valence-corrected chi connectivity index (χ3v) is 5.41. The predicted octanol–water partition coefficient (Wildman–Crippen LogP) is 4.97. The molecule has 2 atom stereocenters. The number of carbonyl (C=O) groups is 1. The number of nitrogens with zero attached hydrogens (tertiary/aromatic N) is 5. The van der Waals surface area contributed by atoms with Crippen LogP contribution in [0.3, 0.4) is 0 Å². The second-order valence-electron chi connectivity index (χ2n) is 7.72. The topological polar surface area (TPSA) is 81.1 Å². The van der Waals surface area contributed by atoms with Gasteiger partial charge in [-0.2, -0.15) is 13.2 Å². The number of likely N-dealkylation sites (N-methyl/N-ethyl adjacent to an activating group) is 1. The van der Waals surface area contributed by atoms with Crippen LogP contribution in [0.25, 0.3) is 11.4 Å². The average Bonchev–Trinajstić information content (AvgIpc) is 2.82. The van der Waals surface area contributed by atoms with Crippen molar-refractivity contribution in [2.24, 2.45) is 0 Å². The van der Waals surface area contributed by atoms with E-state index >= 15 is 0 Å². The van der Waals surface area contributed by atoms with Crippen molar-refractivity contribution >= 4 is 5.91 Å². The number of rotatable bonds is 8. The minimum Gasteiger partial charge on any atom is -0.472 e. The van der Waals surface area contributed by atoms with Crippen LogP contribution in [-0.4, -0.2) is 49.4 Å². The molecule has 0 aliphatic rings. The minimum atomic E-state index is -4.48. The van der Waals surface area contributed by atoms with Crippen LogP contribution in [0.2, 0.25) is 0 Å². The van der Waals surface area contributed by atoms with E-state index in [4.69, 9.17) is 4.74 Å². The smallest absolute Gasteiger partial charge is 0.417 e. The number of carbonyl (C=O) groups excluding carboxylic acids is 1. The lowest BCUT2D eigenvalue weighted by Crippen LogP contribution is -2.47. The van der Waals surface area contributed by atoms with Gasteiger partial charge in [-0.15, -0.1) is 0 Å². The van der Waals surface area contributed by atoms with Gasteiger partial charge < -0.3 is 9.64 Å². The number of aromatic nitrogens is 4. The molecule has 7 nitrogen and oxygen atoms in total. The Labute approximate surface area is 196 Å². The van der Waals surface area contributed by atoms with E-state index in [9.17, 15) is 18.0 Å². The molecular weight excluding hydrogens is 447 g/mol. The van der Waals surface area contributed by atoms with Crippen LogP contribution >= 0.6 is 0 Å². The van der Waals surface area contributed by atoms with Crippen molar-refractivity contribution in [1.82, 2.24) is 24.8 Å². The number of ether oxygens (including phenoxy) is 1. The first kappa shape index (κ1) is 25.1. The summed E-state index contributed by atoms with van der Waals surface area (Å²) in [6.07, 6.45) is 0.997. The van der Waals surface area contributed by atoms with Crippen molar-refractivity contribution in [3.63, 3.8) is 0 Å². The van der Waals surface area contributed by atoms with Gasteiger partial charge in [0.1, 0.15) is 6.10 Å². The van der Waals surface area contributed by atoms with Gasteiger partial charge in [-0.05, 0) is 45.4 Å². The maximum Gasteiger partial charge on any atom is 0.417 e. The fourth-order valence-electron chi connectivity index (χ4n) is 3.73. The highest BCUT2D eigenvalue weighted by Crippen LogP contribution is 2.30. The summed E-state index contributed by atoms with van der Waals surface area (Å²) in [4.78, 5) is 31.9. The maximum atomic E-state index is 13.6. The molecule has 0 N–H and O–H groups in total. The summed E-state index contributed by atoms with van der Waals surface area (Å²) in [5, 5.41) is 0. The quantitative estimate of drug-likeness (QED) is 0.460. The molecule has 0 fully saturated rings. The van der Waals surface area contributed by atoms with Gasteiger partial charge >= 0.3 is 6.18 Å². The molecule has 0 saturated heterocycles. The number of hydrogen-bond acceptors (Lipinski definition) is 6. The zero-order valence-electron chi connectivity index (χ0n) is 19.4. The van der Waals surface area contributed by atoms with Gasteiger partial charge in [0, 0.05) is 48.7 Å². The number of hydrogen-bond donors (Lipinski definition) is 0. The molecule has 0 spiro atoms. The Kier molecular flexibility index (Phi) is 7.80. The standard InChI is InChI=1S/C24H26F3N5O2/c1-5-20(16(4)34-21-9-8-17(13-31-21)24(25,26)27)32(6-2)23(33)19-14-30-15(3)12-18(19)22-28-10-7-11-29-22/h7-14,16,20H,5-6H2,1-4H3.